The Labute approximate surface area is 223 Å². The van der Waals surface area contributed by atoms with E-state index in [1.807, 2.05) is 31.9 Å². The van der Waals surface area contributed by atoms with E-state index >= 15 is 0 Å². The number of anilines is 1. The highest BCUT2D eigenvalue weighted by Crippen LogP contribution is 2.53. The second kappa shape index (κ2) is 8.19. The van der Waals surface area contributed by atoms with Gasteiger partial charge >= 0.3 is 6.09 Å². The van der Waals surface area contributed by atoms with Crippen LogP contribution in [-0.2, 0) is 4.74 Å². The predicted octanol–water partition coefficient (Wildman–Crippen LogP) is 6.41. The van der Waals surface area contributed by atoms with Crippen LogP contribution < -0.4 is 4.90 Å². The van der Waals surface area contributed by atoms with Crippen LogP contribution in [0, 0.1) is 12.3 Å². The molecule has 0 unspecified atom stereocenters. The lowest BCUT2D eigenvalue weighted by atomic mass is 9.79. The Morgan fingerprint density at radius 3 is 2.61 bits per heavy atom. The number of benzene rings is 2. The molecule has 3 fully saturated rings. The van der Waals surface area contributed by atoms with Crippen LogP contribution in [-0.4, -0.2) is 58.0 Å². The maximum absolute atomic E-state index is 12.6. The number of nitrogens with zero attached hydrogens (tertiary/aromatic N) is 4. The number of H-pyrrole nitrogens is 1. The van der Waals surface area contributed by atoms with Crippen molar-refractivity contribution in [2.45, 2.75) is 58.5 Å². The molecule has 7 heteroatoms. The summed E-state index contributed by atoms with van der Waals surface area (Å²) in [4.78, 5) is 22.3. The van der Waals surface area contributed by atoms with Crippen LogP contribution >= 0.6 is 0 Å². The van der Waals surface area contributed by atoms with Gasteiger partial charge in [0.2, 0.25) is 0 Å². The van der Waals surface area contributed by atoms with Crippen LogP contribution in [0.15, 0.2) is 42.6 Å². The number of likely N-dealkylation sites (tertiary alicyclic amines) is 1. The first kappa shape index (κ1) is 23.5. The zero-order chi connectivity index (χ0) is 26.2. The monoisotopic (exact) mass is 509 g/mol. The van der Waals surface area contributed by atoms with Gasteiger partial charge in [-0.3, -0.25) is 5.10 Å². The van der Waals surface area contributed by atoms with Crippen LogP contribution in [0.3, 0.4) is 0 Å². The zero-order valence-corrected chi connectivity index (χ0v) is 22.7. The van der Waals surface area contributed by atoms with Crippen molar-refractivity contribution in [2.75, 3.05) is 31.1 Å². The number of rotatable bonds is 3. The van der Waals surface area contributed by atoms with Gasteiger partial charge in [-0.25, -0.2) is 9.78 Å². The first-order valence-electron chi connectivity index (χ1n) is 13.8. The fraction of sp³-hybridized carbons (Fsp3) is 0.452. The van der Waals surface area contributed by atoms with Gasteiger partial charge < -0.3 is 14.5 Å². The van der Waals surface area contributed by atoms with E-state index in [9.17, 15) is 4.79 Å². The molecule has 0 radical (unpaired) electrons. The lowest BCUT2D eigenvalue weighted by molar-refractivity contribution is -0.0266. The molecule has 1 amide bonds. The summed E-state index contributed by atoms with van der Waals surface area (Å²) in [5.41, 5.74) is 6.98. The highest BCUT2D eigenvalue weighted by atomic mass is 16.6. The number of hydrogen-bond donors (Lipinski definition) is 1. The van der Waals surface area contributed by atoms with Gasteiger partial charge in [0.15, 0.2) is 0 Å². The molecule has 7 rings (SSSR count). The highest BCUT2D eigenvalue weighted by Gasteiger charge is 2.51. The summed E-state index contributed by atoms with van der Waals surface area (Å²) in [6.07, 6.45) is 5.23. The SMILES string of the molecule is Cc1ccc2[nH]ncc2c1-c1c(C2CC2)c(N2CCC3(CN(C(=O)OC(C)(C)C)C3)C2)nc2ccccc12. The number of aromatic amines is 1. The molecule has 0 atom stereocenters. The van der Waals surface area contributed by atoms with Crippen molar-refractivity contribution < 1.29 is 9.53 Å². The molecular weight excluding hydrogens is 474 g/mol. The largest absolute Gasteiger partial charge is 0.444 e. The molecule has 2 aliphatic heterocycles. The molecule has 1 N–H and O–H groups in total. The Morgan fingerprint density at radius 1 is 1.05 bits per heavy atom. The summed E-state index contributed by atoms with van der Waals surface area (Å²) in [7, 11) is 0. The van der Waals surface area contributed by atoms with Crippen LogP contribution in [0.1, 0.15) is 57.1 Å². The minimum absolute atomic E-state index is 0.117. The standard InChI is InChI=1S/C31H35N5O2/c1-19-9-12-24-22(15-32-34-24)25(19)27-21-7-5-6-8-23(21)33-28(26(27)20-10-11-20)35-14-13-31(16-35)17-36(18-31)29(37)38-30(2,3)4/h5-9,12,15,20H,10-11,13-14,16-18H2,1-4H3,(H,32,34). The van der Waals surface area contributed by atoms with Crippen molar-refractivity contribution in [1.29, 1.82) is 0 Å². The minimum atomic E-state index is -0.470. The summed E-state index contributed by atoms with van der Waals surface area (Å²) in [6, 6.07) is 12.9. The van der Waals surface area contributed by atoms with Gasteiger partial charge in [0.05, 0.1) is 17.2 Å². The van der Waals surface area contributed by atoms with Crippen molar-refractivity contribution in [2.24, 2.45) is 5.41 Å². The first-order valence-corrected chi connectivity index (χ1v) is 13.8. The number of para-hydroxylation sites is 1. The third kappa shape index (κ3) is 3.82. The third-order valence-corrected chi connectivity index (χ3v) is 8.42. The van der Waals surface area contributed by atoms with Gasteiger partial charge in [0.25, 0.3) is 0 Å². The molecule has 196 valence electrons. The molecule has 7 nitrogen and oxygen atoms in total. The van der Waals surface area contributed by atoms with E-state index in [0.717, 1.165) is 49.5 Å². The maximum Gasteiger partial charge on any atom is 0.410 e. The van der Waals surface area contributed by atoms with E-state index in [1.165, 1.54) is 45.9 Å². The number of carbonyl (C=O) groups excluding carboxylic acids is 1. The van der Waals surface area contributed by atoms with Crippen LogP contribution in [0.4, 0.5) is 10.6 Å². The van der Waals surface area contributed by atoms with E-state index < -0.39 is 5.60 Å². The number of fused-ring (bicyclic) bond motifs is 2. The van der Waals surface area contributed by atoms with Gasteiger partial charge in [-0.1, -0.05) is 24.3 Å². The zero-order valence-electron chi connectivity index (χ0n) is 22.7. The van der Waals surface area contributed by atoms with E-state index in [2.05, 4.69) is 58.4 Å². The van der Waals surface area contributed by atoms with Gasteiger partial charge in [-0.05, 0) is 81.7 Å². The van der Waals surface area contributed by atoms with Crippen molar-refractivity contribution in [3.05, 3.63) is 53.7 Å². The van der Waals surface area contributed by atoms with Crippen molar-refractivity contribution in [3.8, 4) is 11.1 Å². The summed E-state index contributed by atoms with van der Waals surface area (Å²) < 4.78 is 5.62. The Hall–Kier alpha value is -3.61. The quantitative estimate of drug-likeness (QED) is 0.345. The predicted molar refractivity (Wildman–Crippen MR) is 151 cm³/mol. The summed E-state index contributed by atoms with van der Waals surface area (Å²) in [5, 5.41) is 9.94. The number of nitrogens with one attached hydrogen (secondary N) is 1. The number of aryl methyl sites for hydroxylation is 1. The van der Waals surface area contributed by atoms with Crippen LogP contribution in [0.25, 0.3) is 32.9 Å². The molecule has 4 heterocycles. The van der Waals surface area contributed by atoms with E-state index in [1.54, 1.807) is 0 Å². The van der Waals surface area contributed by atoms with E-state index in [4.69, 9.17) is 9.72 Å². The smallest absolute Gasteiger partial charge is 0.410 e. The molecule has 1 spiro atoms. The number of aromatic nitrogens is 3. The Bertz CT molecular complexity index is 1570. The summed E-state index contributed by atoms with van der Waals surface area (Å²) >= 11 is 0. The van der Waals surface area contributed by atoms with E-state index in [0.29, 0.717) is 5.92 Å². The number of hydrogen-bond acceptors (Lipinski definition) is 5. The fourth-order valence-corrected chi connectivity index (χ4v) is 6.53. The normalized spacial score (nSPS) is 18.9. The average molecular weight is 510 g/mol. The first-order chi connectivity index (χ1) is 18.2. The molecule has 2 saturated heterocycles. The molecule has 2 aromatic carbocycles. The molecule has 3 aliphatic rings. The Kier molecular flexibility index (Phi) is 5.07. The fourth-order valence-electron chi connectivity index (χ4n) is 6.53. The van der Waals surface area contributed by atoms with Gasteiger partial charge in [0, 0.05) is 47.9 Å². The van der Waals surface area contributed by atoms with Gasteiger partial charge in [-0.2, -0.15) is 5.10 Å². The highest BCUT2D eigenvalue weighted by molar-refractivity contribution is 6.07. The summed E-state index contributed by atoms with van der Waals surface area (Å²) in [5.74, 6) is 1.66. The molecule has 0 bridgehead atoms. The van der Waals surface area contributed by atoms with Crippen LogP contribution in [0.2, 0.25) is 0 Å². The number of ether oxygens (including phenoxy) is 1. The Balaban J connectivity index is 1.30. The molecule has 1 aliphatic carbocycles. The topological polar surface area (TPSA) is 74.4 Å². The van der Waals surface area contributed by atoms with Gasteiger partial charge in [0.1, 0.15) is 11.4 Å². The minimum Gasteiger partial charge on any atom is -0.444 e. The van der Waals surface area contributed by atoms with Crippen LogP contribution in [0.5, 0.6) is 0 Å². The van der Waals surface area contributed by atoms with Crippen molar-refractivity contribution >= 4 is 33.7 Å². The molecule has 1 saturated carbocycles. The second-order valence-corrected chi connectivity index (χ2v) is 12.6. The lowest BCUT2D eigenvalue weighted by Gasteiger charge is -2.47. The maximum atomic E-state index is 12.6. The second-order valence-electron chi connectivity index (χ2n) is 12.6. The number of carbonyl (C=O) groups is 1. The van der Waals surface area contributed by atoms with Crippen molar-refractivity contribution in [3.63, 3.8) is 0 Å². The molecule has 4 aromatic rings. The third-order valence-electron chi connectivity index (χ3n) is 8.42. The molecule has 38 heavy (non-hydrogen) atoms. The summed E-state index contributed by atoms with van der Waals surface area (Å²) in [6.45, 7) is 11.4. The number of pyridine rings is 1. The molecule has 2 aromatic heterocycles. The van der Waals surface area contributed by atoms with E-state index in [-0.39, 0.29) is 11.5 Å². The lowest BCUT2D eigenvalue weighted by Crippen LogP contribution is -2.60. The average Bonchev–Trinajstić information content (AvgIpc) is 3.40. The number of amides is 1. The van der Waals surface area contributed by atoms with Crippen molar-refractivity contribution in [1.82, 2.24) is 20.1 Å². The Morgan fingerprint density at radius 2 is 1.84 bits per heavy atom. The molecular formula is C31H35N5O2. The van der Waals surface area contributed by atoms with Gasteiger partial charge in [-0.15, -0.1) is 0 Å².